The lowest BCUT2D eigenvalue weighted by molar-refractivity contribution is -0.137. The molecule has 1 aliphatic carbocycles. The number of aliphatic carboxylic acids is 1. The summed E-state index contributed by atoms with van der Waals surface area (Å²) in [6.45, 7) is 4.98. The predicted octanol–water partition coefficient (Wildman–Crippen LogP) is 6.48. The van der Waals surface area contributed by atoms with Gasteiger partial charge < -0.3 is 20.3 Å². The number of rotatable bonds is 15. The Labute approximate surface area is 225 Å². The van der Waals surface area contributed by atoms with E-state index in [-0.39, 0.29) is 18.6 Å². The van der Waals surface area contributed by atoms with Crippen molar-refractivity contribution >= 4 is 29.2 Å². The average molecular weight is 537 g/mol. The van der Waals surface area contributed by atoms with E-state index in [1.165, 1.54) is 11.1 Å². The fraction of sp³-hybridized carbons (Fsp3) is 0.552. The lowest BCUT2D eigenvalue weighted by atomic mass is 9.81. The first-order valence-corrected chi connectivity index (χ1v) is 13.8. The molecule has 0 bridgehead atoms. The number of β-amino-alcohol motifs (C(OH)–C–C–N with tert-alkyl or cyclic N) is 1. The summed E-state index contributed by atoms with van der Waals surface area (Å²) in [6, 6.07) is 12.4. The summed E-state index contributed by atoms with van der Waals surface area (Å²) in [6.07, 6.45) is 6.75. The minimum absolute atomic E-state index is 0.0169. The lowest BCUT2D eigenvalue weighted by Gasteiger charge is -2.36. The van der Waals surface area contributed by atoms with Crippen LogP contribution in [0.1, 0.15) is 69.1 Å². The molecule has 0 aliphatic heterocycles. The highest BCUT2D eigenvalue weighted by atomic mass is 35.5. The first kappa shape index (κ1) is 28.8. The summed E-state index contributed by atoms with van der Waals surface area (Å²) in [5.41, 5.74) is 3.79. The number of unbranched alkanes of at least 4 members (excludes halogenated alkanes) is 1. The summed E-state index contributed by atoms with van der Waals surface area (Å²) >= 11 is 12.8. The highest BCUT2D eigenvalue weighted by Gasteiger charge is 2.32. The summed E-state index contributed by atoms with van der Waals surface area (Å²) in [7, 11) is 0. The molecule has 2 aromatic rings. The molecule has 0 spiro atoms. The van der Waals surface area contributed by atoms with Crippen LogP contribution in [0.15, 0.2) is 36.4 Å². The van der Waals surface area contributed by atoms with E-state index in [1.807, 2.05) is 6.07 Å². The molecule has 7 heteroatoms. The fourth-order valence-corrected chi connectivity index (χ4v) is 5.74. The number of halogens is 2. The van der Waals surface area contributed by atoms with Gasteiger partial charge in [0.2, 0.25) is 0 Å². The maximum absolute atomic E-state index is 10.7. The first-order chi connectivity index (χ1) is 17.3. The molecule has 3 N–H and O–H groups in total. The minimum Gasteiger partial charge on any atom is -0.489 e. The van der Waals surface area contributed by atoms with Crippen LogP contribution < -0.4 is 10.1 Å². The van der Waals surface area contributed by atoms with Gasteiger partial charge in [-0.05, 0) is 80.0 Å². The van der Waals surface area contributed by atoms with Crippen molar-refractivity contribution < 1.29 is 19.7 Å². The number of aliphatic hydroxyl groups excluding tert-OH is 1. The molecule has 5 nitrogen and oxygen atoms in total. The van der Waals surface area contributed by atoms with Gasteiger partial charge >= 0.3 is 5.97 Å². The molecule has 0 fully saturated rings. The number of carboxylic acid groups (broad SMARTS) is 1. The number of benzene rings is 2. The van der Waals surface area contributed by atoms with Crippen LogP contribution in [0.2, 0.25) is 10.0 Å². The third-order valence-corrected chi connectivity index (χ3v) is 8.43. The smallest absolute Gasteiger partial charge is 0.303 e. The summed E-state index contributed by atoms with van der Waals surface area (Å²) in [5, 5.41) is 23.8. The number of nitrogens with one attached hydrogen (secondary N) is 1. The Kier molecular flexibility index (Phi) is 10.9. The van der Waals surface area contributed by atoms with Gasteiger partial charge in [-0.3, -0.25) is 4.79 Å². The van der Waals surface area contributed by atoms with E-state index in [2.05, 4.69) is 43.4 Å². The zero-order valence-corrected chi connectivity index (χ0v) is 22.9. The number of fused-ring (bicyclic) bond motifs is 1. The second-order valence-electron chi connectivity index (χ2n) is 10.0. The normalized spacial score (nSPS) is 14.6. The standard InChI is InChI=1S/C29H39Cl2NO4/c1-3-29(4-2,17-20-15-22-10-5-6-11-23(22)16-20)32-18-24(33)19-36-25-14-13-21(27(30)28(25)31)9-7-8-12-26(34)35/h5-6,10-11,13-14,20,24,32-33H,3-4,7-9,12,15-19H2,1-2H3,(H,34,35)/t24-/m1/s1. The zero-order valence-electron chi connectivity index (χ0n) is 21.4. The number of carboxylic acids is 1. The van der Waals surface area contributed by atoms with Crippen LogP contribution in [0, 0.1) is 5.92 Å². The maximum Gasteiger partial charge on any atom is 0.303 e. The van der Waals surface area contributed by atoms with Gasteiger partial charge in [-0.25, -0.2) is 0 Å². The molecule has 0 aromatic heterocycles. The second kappa shape index (κ2) is 13.7. The van der Waals surface area contributed by atoms with Crippen LogP contribution in [-0.4, -0.2) is 41.0 Å². The van der Waals surface area contributed by atoms with Gasteiger partial charge in [-0.15, -0.1) is 0 Å². The Morgan fingerprint density at radius 1 is 1.08 bits per heavy atom. The molecule has 3 rings (SSSR count). The zero-order chi connectivity index (χ0) is 26.1. The molecule has 198 valence electrons. The molecule has 0 heterocycles. The molecule has 2 aromatic carbocycles. The average Bonchev–Trinajstić information content (AvgIpc) is 3.28. The number of ether oxygens (including phenoxy) is 1. The SMILES string of the molecule is CCC(CC)(CC1Cc2ccccc2C1)NC[C@@H](O)COc1ccc(CCCCC(=O)O)c(Cl)c1Cl. The monoisotopic (exact) mass is 535 g/mol. The van der Waals surface area contributed by atoms with E-state index in [9.17, 15) is 9.90 Å². The Bertz CT molecular complexity index is 984. The number of hydrogen-bond acceptors (Lipinski definition) is 4. The number of aliphatic hydroxyl groups is 1. The van der Waals surface area contributed by atoms with Crippen LogP contribution in [-0.2, 0) is 24.1 Å². The quantitative estimate of drug-likeness (QED) is 0.227. The lowest BCUT2D eigenvalue weighted by Crippen LogP contribution is -2.49. The van der Waals surface area contributed by atoms with Gasteiger partial charge in [0.15, 0.2) is 0 Å². The molecule has 0 amide bonds. The van der Waals surface area contributed by atoms with Crippen LogP contribution in [0.4, 0.5) is 0 Å². The van der Waals surface area contributed by atoms with Gasteiger partial charge in [0, 0.05) is 18.5 Å². The maximum atomic E-state index is 10.7. The van der Waals surface area contributed by atoms with Crippen molar-refractivity contribution in [3.8, 4) is 5.75 Å². The number of aryl methyl sites for hydroxylation is 1. The van der Waals surface area contributed by atoms with E-state index in [0.29, 0.717) is 41.1 Å². The fourth-order valence-electron chi connectivity index (χ4n) is 5.25. The molecule has 1 aliphatic rings. The van der Waals surface area contributed by atoms with E-state index < -0.39 is 12.1 Å². The first-order valence-electron chi connectivity index (χ1n) is 13.1. The van der Waals surface area contributed by atoms with Crippen molar-refractivity contribution in [2.75, 3.05) is 13.2 Å². The van der Waals surface area contributed by atoms with Gasteiger partial charge in [0.1, 0.15) is 23.5 Å². The van der Waals surface area contributed by atoms with Gasteiger partial charge in [0.25, 0.3) is 0 Å². The van der Waals surface area contributed by atoms with Crippen molar-refractivity contribution in [1.82, 2.24) is 5.32 Å². The van der Waals surface area contributed by atoms with Crippen LogP contribution in [0.3, 0.4) is 0 Å². The third kappa shape index (κ3) is 7.85. The van der Waals surface area contributed by atoms with Crippen LogP contribution in [0.5, 0.6) is 5.75 Å². The van der Waals surface area contributed by atoms with Gasteiger partial charge in [-0.1, -0.05) is 67.4 Å². The van der Waals surface area contributed by atoms with Crippen LogP contribution >= 0.6 is 23.2 Å². The largest absolute Gasteiger partial charge is 0.489 e. The summed E-state index contributed by atoms with van der Waals surface area (Å²) < 4.78 is 5.82. The van der Waals surface area contributed by atoms with Crippen molar-refractivity contribution in [2.24, 2.45) is 5.92 Å². The number of hydrogen-bond donors (Lipinski definition) is 3. The molecular formula is C29H39Cl2NO4. The van der Waals surface area contributed by atoms with E-state index >= 15 is 0 Å². The Morgan fingerprint density at radius 2 is 1.75 bits per heavy atom. The van der Waals surface area contributed by atoms with E-state index in [0.717, 1.165) is 44.1 Å². The highest BCUT2D eigenvalue weighted by molar-refractivity contribution is 6.43. The van der Waals surface area contributed by atoms with Crippen molar-refractivity contribution in [3.05, 3.63) is 63.1 Å². The van der Waals surface area contributed by atoms with Crippen LogP contribution in [0.25, 0.3) is 0 Å². The minimum atomic E-state index is -0.796. The number of carbonyl (C=O) groups is 1. The molecule has 36 heavy (non-hydrogen) atoms. The molecule has 1 atom stereocenters. The van der Waals surface area contributed by atoms with E-state index in [1.54, 1.807) is 6.07 Å². The Morgan fingerprint density at radius 3 is 2.36 bits per heavy atom. The van der Waals surface area contributed by atoms with Crippen molar-refractivity contribution in [3.63, 3.8) is 0 Å². The Hall–Kier alpha value is -1.79. The molecular weight excluding hydrogens is 497 g/mol. The molecule has 0 radical (unpaired) electrons. The molecule has 0 saturated carbocycles. The van der Waals surface area contributed by atoms with E-state index in [4.69, 9.17) is 33.0 Å². The van der Waals surface area contributed by atoms with Gasteiger partial charge in [0.05, 0.1) is 5.02 Å². The summed E-state index contributed by atoms with van der Waals surface area (Å²) in [5.74, 6) is 0.262. The third-order valence-electron chi connectivity index (χ3n) is 7.53. The molecule has 0 unspecified atom stereocenters. The second-order valence-corrected chi connectivity index (χ2v) is 10.8. The summed E-state index contributed by atoms with van der Waals surface area (Å²) in [4.78, 5) is 10.7. The van der Waals surface area contributed by atoms with Crippen molar-refractivity contribution in [1.29, 1.82) is 0 Å². The Balaban J connectivity index is 1.49. The van der Waals surface area contributed by atoms with Crippen molar-refractivity contribution in [2.45, 2.75) is 83.3 Å². The predicted molar refractivity (Wildman–Crippen MR) is 146 cm³/mol. The topological polar surface area (TPSA) is 78.8 Å². The highest BCUT2D eigenvalue weighted by Crippen LogP contribution is 2.36. The van der Waals surface area contributed by atoms with Gasteiger partial charge in [-0.2, -0.15) is 0 Å². The molecule has 0 saturated heterocycles.